The molecule has 138 valence electrons. The number of nitrogens with zero attached hydrogens (tertiary/aromatic N) is 1. The van der Waals surface area contributed by atoms with E-state index < -0.39 is 0 Å². The van der Waals surface area contributed by atoms with Crippen molar-refractivity contribution in [2.45, 2.75) is 19.4 Å². The monoisotopic (exact) mass is 421 g/mol. The number of likely N-dealkylation sites (tertiary alicyclic amines) is 1. The molecule has 1 amide bonds. The van der Waals surface area contributed by atoms with Crippen LogP contribution in [-0.2, 0) is 11.3 Å². The molecule has 4 nitrogen and oxygen atoms in total. The van der Waals surface area contributed by atoms with Gasteiger partial charge in [0.1, 0.15) is 18.2 Å². The Kier molecular flexibility index (Phi) is 6.50. The molecule has 1 aliphatic rings. The first kappa shape index (κ1) is 18.7. The Bertz CT molecular complexity index is 733. The van der Waals surface area contributed by atoms with Crippen LogP contribution in [0, 0.1) is 11.7 Å². The van der Waals surface area contributed by atoms with Crippen molar-refractivity contribution >= 4 is 22.0 Å². The fourth-order valence-corrected chi connectivity index (χ4v) is 3.23. The van der Waals surface area contributed by atoms with Gasteiger partial charge in [0.2, 0.25) is 0 Å². The van der Waals surface area contributed by atoms with Crippen molar-refractivity contribution in [3.63, 3.8) is 0 Å². The molecule has 1 heterocycles. The van der Waals surface area contributed by atoms with E-state index in [1.54, 1.807) is 17.0 Å². The second kappa shape index (κ2) is 9.03. The van der Waals surface area contributed by atoms with E-state index in [1.807, 2.05) is 30.3 Å². The second-order valence-corrected chi connectivity index (χ2v) is 7.21. The number of carbonyl (C=O) groups excluding carboxylic acids is 1. The molecule has 1 aliphatic heterocycles. The van der Waals surface area contributed by atoms with Crippen LogP contribution in [0.4, 0.5) is 9.18 Å². The third-order valence-corrected chi connectivity index (χ3v) is 5.06. The summed E-state index contributed by atoms with van der Waals surface area (Å²) >= 11 is 3.15. The van der Waals surface area contributed by atoms with Gasteiger partial charge in [-0.2, -0.15) is 0 Å². The summed E-state index contributed by atoms with van der Waals surface area (Å²) in [6.45, 7) is 2.18. The van der Waals surface area contributed by atoms with Gasteiger partial charge in [0, 0.05) is 13.1 Å². The van der Waals surface area contributed by atoms with Crippen LogP contribution in [0.15, 0.2) is 53.0 Å². The molecule has 1 saturated heterocycles. The first-order valence-corrected chi connectivity index (χ1v) is 9.44. The maximum absolute atomic E-state index is 13.2. The van der Waals surface area contributed by atoms with E-state index in [4.69, 9.17) is 9.47 Å². The highest BCUT2D eigenvalue weighted by Gasteiger charge is 2.24. The topological polar surface area (TPSA) is 38.8 Å². The lowest BCUT2D eigenvalue weighted by atomic mass is 9.98. The van der Waals surface area contributed by atoms with E-state index in [9.17, 15) is 9.18 Å². The van der Waals surface area contributed by atoms with Gasteiger partial charge in [-0.1, -0.05) is 30.3 Å². The molecule has 1 fully saturated rings. The van der Waals surface area contributed by atoms with Gasteiger partial charge in [0.15, 0.2) is 0 Å². The molecule has 0 N–H and O–H groups in total. The lowest BCUT2D eigenvalue weighted by Crippen LogP contribution is -2.39. The van der Waals surface area contributed by atoms with Crippen LogP contribution < -0.4 is 4.74 Å². The van der Waals surface area contributed by atoms with Gasteiger partial charge in [0.05, 0.1) is 11.1 Å². The summed E-state index contributed by atoms with van der Waals surface area (Å²) in [5.74, 6) is 0.708. The van der Waals surface area contributed by atoms with Crippen molar-refractivity contribution in [2.24, 2.45) is 5.92 Å². The largest absolute Gasteiger partial charge is 0.493 e. The maximum atomic E-state index is 13.2. The molecular formula is C20H21BrFNO3. The zero-order valence-corrected chi connectivity index (χ0v) is 16.0. The van der Waals surface area contributed by atoms with E-state index in [1.165, 1.54) is 6.07 Å². The average Bonchev–Trinajstić information content (AvgIpc) is 2.68. The minimum absolute atomic E-state index is 0.268. The Balaban J connectivity index is 1.39. The Labute approximate surface area is 161 Å². The molecule has 2 aromatic carbocycles. The summed E-state index contributed by atoms with van der Waals surface area (Å²) in [5.41, 5.74) is 0.981. The van der Waals surface area contributed by atoms with Gasteiger partial charge in [-0.3, -0.25) is 0 Å². The molecule has 2 aromatic rings. The van der Waals surface area contributed by atoms with Gasteiger partial charge >= 0.3 is 6.09 Å². The number of ether oxygens (including phenoxy) is 2. The lowest BCUT2D eigenvalue weighted by Gasteiger charge is -2.31. The quantitative estimate of drug-likeness (QED) is 0.680. The third-order valence-electron chi connectivity index (χ3n) is 4.45. The SMILES string of the molecule is O=C(OCc1ccccc1)N1CCC(COc2ccc(F)c(Br)c2)CC1. The van der Waals surface area contributed by atoms with E-state index in [0.29, 0.717) is 42.4 Å². The average molecular weight is 422 g/mol. The maximum Gasteiger partial charge on any atom is 0.410 e. The smallest absolute Gasteiger partial charge is 0.410 e. The number of hydrogen-bond donors (Lipinski definition) is 0. The van der Waals surface area contributed by atoms with E-state index in [0.717, 1.165) is 18.4 Å². The normalized spacial score (nSPS) is 14.9. The van der Waals surface area contributed by atoms with Crippen molar-refractivity contribution < 1.29 is 18.7 Å². The summed E-state index contributed by atoms with van der Waals surface area (Å²) in [4.78, 5) is 13.9. The third kappa shape index (κ3) is 5.21. The zero-order valence-electron chi connectivity index (χ0n) is 14.4. The molecule has 6 heteroatoms. The van der Waals surface area contributed by atoms with E-state index >= 15 is 0 Å². The Morgan fingerprint density at radius 1 is 1.15 bits per heavy atom. The Hall–Kier alpha value is -2.08. The Morgan fingerprint density at radius 2 is 1.88 bits per heavy atom. The number of carbonyl (C=O) groups is 1. The van der Waals surface area contributed by atoms with Crippen molar-refractivity contribution in [1.82, 2.24) is 4.90 Å². The number of benzene rings is 2. The van der Waals surface area contributed by atoms with E-state index in [2.05, 4.69) is 15.9 Å². The standard InChI is InChI=1S/C20H21BrFNO3/c21-18-12-17(6-7-19(18)22)25-13-16-8-10-23(11-9-16)20(24)26-14-15-4-2-1-3-5-15/h1-7,12,16H,8-11,13-14H2. The van der Waals surface area contributed by atoms with Crippen LogP contribution in [0.1, 0.15) is 18.4 Å². The summed E-state index contributed by atoms with van der Waals surface area (Å²) < 4.78 is 24.7. The number of rotatable bonds is 5. The molecule has 0 unspecified atom stereocenters. The molecule has 0 aromatic heterocycles. The predicted molar refractivity (Wildman–Crippen MR) is 101 cm³/mol. The molecule has 0 spiro atoms. The minimum Gasteiger partial charge on any atom is -0.493 e. The first-order valence-electron chi connectivity index (χ1n) is 8.65. The van der Waals surface area contributed by atoms with Crippen LogP contribution in [0.5, 0.6) is 5.75 Å². The summed E-state index contributed by atoms with van der Waals surface area (Å²) in [7, 11) is 0. The number of hydrogen-bond acceptors (Lipinski definition) is 3. The molecular weight excluding hydrogens is 401 g/mol. The molecule has 0 radical (unpaired) electrons. The molecule has 0 saturated carbocycles. The number of piperidine rings is 1. The van der Waals surface area contributed by atoms with Gasteiger partial charge in [-0.25, -0.2) is 9.18 Å². The highest BCUT2D eigenvalue weighted by Crippen LogP contribution is 2.24. The van der Waals surface area contributed by atoms with Gasteiger partial charge in [0.25, 0.3) is 0 Å². The summed E-state index contributed by atoms with van der Waals surface area (Å²) in [6.07, 6.45) is 1.46. The van der Waals surface area contributed by atoms with Crippen LogP contribution in [-0.4, -0.2) is 30.7 Å². The van der Waals surface area contributed by atoms with Gasteiger partial charge in [-0.05, 0) is 58.5 Å². The van der Waals surface area contributed by atoms with Crippen molar-refractivity contribution in [1.29, 1.82) is 0 Å². The van der Waals surface area contributed by atoms with Crippen molar-refractivity contribution in [2.75, 3.05) is 19.7 Å². The minimum atomic E-state index is -0.306. The molecule has 3 rings (SSSR count). The van der Waals surface area contributed by atoms with E-state index in [-0.39, 0.29) is 11.9 Å². The molecule has 0 bridgehead atoms. The van der Waals surface area contributed by atoms with Crippen LogP contribution in [0.2, 0.25) is 0 Å². The Morgan fingerprint density at radius 3 is 2.58 bits per heavy atom. The second-order valence-electron chi connectivity index (χ2n) is 6.36. The van der Waals surface area contributed by atoms with Crippen LogP contribution in [0.25, 0.3) is 0 Å². The number of amides is 1. The van der Waals surface area contributed by atoms with Crippen molar-refractivity contribution in [3.05, 3.63) is 64.4 Å². The lowest BCUT2D eigenvalue weighted by molar-refractivity contribution is 0.0761. The zero-order chi connectivity index (χ0) is 18.4. The molecule has 26 heavy (non-hydrogen) atoms. The fourth-order valence-electron chi connectivity index (χ4n) is 2.87. The fraction of sp³-hybridized carbons (Fsp3) is 0.350. The highest BCUT2D eigenvalue weighted by molar-refractivity contribution is 9.10. The van der Waals surface area contributed by atoms with Crippen molar-refractivity contribution in [3.8, 4) is 5.75 Å². The predicted octanol–water partition coefficient (Wildman–Crippen LogP) is 5.02. The molecule has 0 atom stereocenters. The number of halogens is 2. The molecule has 0 aliphatic carbocycles. The van der Waals surface area contributed by atoms with Crippen LogP contribution in [0.3, 0.4) is 0 Å². The summed E-state index contributed by atoms with van der Waals surface area (Å²) in [5, 5.41) is 0. The first-order chi connectivity index (χ1) is 12.6. The van der Waals surface area contributed by atoms with Gasteiger partial charge in [-0.15, -0.1) is 0 Å². The highest BCUT2D eigenvalue weighted by atomic mass is 79.9. The van der Waals surface area contributed by atoms with Gasteiger partial charge < -0.3 is 14.4 Å². The summed E-state index contributed by atoms with van der Waals surface area (Å²) in [6, 6.07) is 14.3. The van der Waals surface area contributed by atoms with Crippen LogP contribution >= 0.6 is 15.9 Å².